The zero-order valence-corrected chi connectivity index (χ0v) is 11.8. The number of ether oxygens (including phenoxy) is 2. The molecular formula is C14H23NO5. The molecule has 1 rings (SSSR count). The van der Waals surface area contributed by atoms with E-state index in [2.05, 4.69) is 5.32 Å². The molecule has 0 aromatic heterocycles. The second-order valence-electron chi connectivity index (χ2n) is 4.72. The van der Waals surface area contributed by atoms with Crippen LogP contribution in [0.3, 0.4) is 0 Å². The molecule has 2 unspecified atom stereocenters. The van der Waals surface area contributed by atoms with E-state index in [0.29, 0.717) is 6.61 Å². The number of carbonyl (C=O) groups is 2. The van der Waals surface area contributed by atoms with Crippen LogP contribution in [0, 0.1) is 0 Å². The summed E-state index contributed by atoms with van der Waals surface area (Å²) in [6.07, 6.45) is 6.11. The largest absolute Gasteiger partial charge is 0.480 e. The number of carboxylic acids is 1. The Labute approximate surface area is 119 Å². The Morgan fingerprint density at radius 3 is 2.95 bits per heavy atom. The minimum Gasteiger partial charge on any atom is -0.480 e. The van der Waals surface area contributed by atoms with Gasteiger partial charge in [0, 0.05) is 13.0 Å². The fourth-order valence-electron chi connectivity index (χ4n) is 1.92. The van der Waals surface area contributed by atoms with Gasteiger partial charge in [-0.05, 0) is 26.2 Å². The number of amides is 1. The molecule has 0 spiro atoms. The minimum absolute atomic E-state index is 0.138. The van der Waals surface area contributed by atoms with E-state index in [1.807, 2.05) is 0 Å². The van der Waals surface area contributed by atoms with Crippen molar-refractivity contribution in [3.05, 3.63) is 12.2 Å². The summed E-state index contributed by atoms with van der Waals surface area (Å²) in [5.41, 5.74) is 0. The lowest BCUT2D eigenvalue weighted by atomic mass is 10.2. The van der Waals surface area contributed by atoms with Crippen LogP contribution in [0.4, 0.5) is 0 Å². The summed E-state index contributed by atoms with van der Waals surface area (Å²) < 4.78 is 10.8. The Bertz CT molecular complexity index is 336. The fourth-order valence-corrected chi connectivity index (χ4v) is 1.92. The molecule has 1 saturated heterocycles. The van der Waals surface area contributed by atoms with E-state index in [1.165, 1.54) is 0 Å². The Balaban J connectivity index is 2.15. The van der Waals surface area contributed by atoms with E-state index in [4.69, 9.17) is 14.6 Å². The average molecular weight is 285 g/mol. The number of hydrogen-bond donors (Lipinski definition) is 2. The first-order chi connectivity index (χ1) is 9.63. The maximum absolute atomic E-state index is 11.6. The van der Waals surface area contributed by atoms with Crippen LogP contribution in [-0.4, -0.2) is 48.9 Å². The molecule has 1 aliphatic heterocycles. The molecular weight excluding hydrogens is 262 g/mol. The van der Waals surface area contributed by atoms with Crippen LogP contribution >= 0.6 is 0 Å². The molecule has 0 saturated carbocycles. The molecule has 2 N–H and O–H groups in total. The number of carboxylic acid groups (broad SMARTS) is 1. The molecule has 2 atom stereocenters. The Morgan fingerprint density at radius 2 is 2.35 bits per heavy atom. The van der Waals surface area contributed by atoms with Crippen LogP contribution < -0.4 is 5.32 Å². The van der Waals surface area contributed by atoms with Crippen LogP contribution in [0.1, 0.15) is 32.6 Å². The van der Waals surface area contributed by atoms with Crippen molar-refractivity contribution in [1.82, 2.24) is 5.32 Å². The van der Waals surface area contributed by atoms with Gasteiger partial charge in [0.15, 0.2) is 0 Å². The SMILES string of the molecule is C/C=C/CC(NC(=O)CCOCC1CCCO1)C(=O)O. The Hall–Kier alpha value is -1.40. The molecule has 1 amide bonds. The van der Waals surface area contributed by atoms with Crippen molar-refractivity contribution < 1.29 is 24.2 Å². The number of carbonyl (C=O) groups excluding carboxylic acids is 1. The first-order valence-corrected chi connectivity index (χ1v) is 6.96. The van der Waals surface area contributed by atoms with E-state index < -0.39 is 12.0 Å². The molecule has 0 aromatic rings. The van der Waals surface area contributed by atoms with Gasteiger partial charge in [0.25, 0.3) is 0 Å². The van der Waals surface area contributed by atoms with E-state index in [1.54, 1.807) is 19.1 Å². The van der Waals surface area contributed by atoms with Crippen molar-refractivity contribution in [1.29, 1.82) is 0 Å². The summed E-state index contributed by atoms with van der Waals surface area (Å²) in [5.74, 6) is -1.34. The van der Waals surface area contributed by atoms with Gasteiger partial charge in [-0.3, -0.25) is 4.79 Å². The third kappa shape index (κ3) is 6.68. The molecule has 1 aliphatic rings. The summed E-state index contributed by atoms with van der Waals surface area (Å²) in [5, 5.41) is 11.4. The summed E-state index contributed by atoms with van der Waals surface area (Å²) >= 11 is 0. The van der Waals surface area contributed by atoms with Crippen molar-refractivity contribution in [3.63, 3.8) is 0 Å². The van der Waals surface area contributed by atoms with Crippen LogP contribution in [-0.2, 0) is 19.1 Å². The molecule has 6 heteroatoms. The number of hydrogen-bond acceptors (Lipinski definition) is 4. The van der Waals surface area contributed by atoms with Crippen molar-refractivity contribution in [2.45, 2.75) is 44.8 Å². The van der Waals surface area contributed by atoms with Crippen LogP contribution in [0.2, 0.25) is 0 Å². The fraction of sp³-hybridized carbons (Fsp3) is 0.714. The second kappa shape index (κ2) is 9.50. The van der Waals surface area contributed by atoms with Crippen molar-refractivity contribution in [2.24, 2.45) is 0 Å². The maximum atomic E-state index is 11.6. The van der Waals surface area contributed by atoms with Gasteiger partial charge in [0.1, 0.15) is 6.04 Å². The monoisotopic (exact) mass is 285 g/mol. The second-order valence-corrected chi connectivity index (χ2v) is 4.72. The van der Waals surface area contributed by atoms with Gasteiger partial charge in [-0.15, -0.1) is 0 Å². The molecule has 0 bridgehead atoms. The molecule has 1 fully saturated rings. The van der Waals surface area contributed by atoms with Crippen molar-refractivity contribution in [2.75, 3.05) is 19.8 Å². The van der Waals surface area contributed by atoms with Gasteiger partial charge in [-0.25, -0.2) is 4.79 Å². The highest BCUT2D eigenvalue weighted by molar-refractivity contribution is 5.83. The highest BCUT2D eigenvalue weighted by atomic mass is 16.5. The van der Waals surface area contributed by atoms with Crippen LogP contribution in [0.25, 0.3) is 0 Å². The predicted molar refractivity (Wildman–Crippen MR) is 73.4 cm³/mol. The lowest BCUT2D eigenvalue weighted by molar-refractivity contribution is -0.141. The third-order valence-corrected chi connectivity index (χ3v) is 3.04. The third-order valence-electron chi connectivity index (χ3n) is 3.04. The number of aliphatic carboxylic acids is 1. The van der Waals surface area contributed by atoms with Crippen molar-refractivity contribution in [3.8, 4) is 0 Å². The lowest BCUT2D eigenvalue weighted by Crippen LogP contribution is -2.40. The summed E-state index contributed by atoms with van der Waals surface area (Å²) in [7, 11) is 0. The number of allylic oxidation sites excluding steroid dienone is 1. The van der Waals surface area contributed by atoms with Crippen LogP contribution in [0.5, 0.6) is 0 Å². The van der Waals surface area contributed by atoms with Gasteiger partial charge >= 0.3 is 5.97 Å². The number of nitrogens with one attached hydrogen (secondary N) is 1. The van der Waals surface area contributed by atoms with Gasteiger partial charge in [-0.1, -0.05) is 12.2 Å². The molecule has 1 heterocycles. The topological polar surface area (TPSA) is 84.9 Å². The van der Waals surface area contributed by atoms with Gasteiger partial charge in [-0.2, -0.15) is 0 Å². The molecule has 0 radical (unpaired) electrons. The summed E-state index contributed by atoms with van der Waals surface area (Å²) in [4.78, 5) is 22.6. The smallest absolute Gasteiger partial charge is 0.326 e. The molecule has 0 aromatic carbocycles. The van der Waals surface area contributed by atoms with Gasteiger partial charge in [0.2, 0.25) is 5.91 Å². The van der Waals surface area contributed by atoms with Crippen molar-refractivity contribution >= 4 is 11.9 Å². The van der Waals surface area contributed by atoms with Crippen LogP contribution in [0.15, 0.2) is 12.2 Å². The highest BCUT2D eigenvalue weighted by Crippen LogP contribution is 2.11. The molecule has 0 aliphatic carbocycles. The Kier molecular flexibility index (Phi) is 7.91. The van der Waals surface area contributed by atoms with E-state index in [-0.39, 0.29) is 31.5 Å². The summed E-state index contributed by atoms with van der Waals surface area (Å²) in [6, 6.07) is -0.878. The predicted octanol–water partition coefficient (Wildman–Crippen LogP) is 1.11. The maximum Gasteiger partial charge on any atom is 0.326 e. The quantitative estimate of drug-likeness (QED) is 0.489. The lowest BCUT2D eigenvalue weighted by Gasteiger charge is -2.13. The van der Waals surface area contributed by atoms with E-state index >= 15 is 0 Å². The zero-order chi connectivity index (χ0) is 14.8. The first kappa shape index (κ1) is 16.7. The Morgan fingerprint density at radius 1 is 1.55 bits per heavy atom. The van der Waals surface area contributed by atoms with E-state index in [9.17, 15) is 9.59 Å². The first-order valence-electron chi connectivity index (χ1n) is 6.96. The van der Waals surface area contributed by atoms with Gasteiger partial charge in [0.05, 0.1) is 19.3 Å². The zero-order valence-electron chi connectivity index (χ0n) is 11.8. The minimum atomic E-state index is -1.03. The average Bonchev–Trinajstić information content (AvgIpc) is 2.92. The molecule has 20 heavy (non-hydrogen) atoms. The standard InChI is InChI=1S/C14H23NO5/c1-2-3-6-12(14(17)18)15-13(16)7-9-19-10-11-5-4-8-20-11/h2-3,11-12H,4-10H2,1H3,(H,15,16)(H,17,18)/b3-2+. The normalized spacial score (nSPS) is 20.1. The summed E-state index contributed by atoms with van der Waals surface area (Å²) in [6.45, 7) is 3.36. The number of rotatable bonds is 9. The highest BCUT2D eigenvalue weighted by Gasteiger charge is 2.18. The molecule has 6 nitrogen and oxygen atoms in total. The van der Waals surface area contributed by atoms with E-state index in [0.717, 1.165) is 19.4 Å². The molecule has 114 valence electrons. The van der Waals surface area contributed by atoms with Gasteiger partial charge < -0.3 is 19.9 Å².